The molecule has 2 aliphatic rings. The number of halogens is 1. The molecule has 3 aromatic rings. The summed E-state index contributed by atoms with van der Waals surface area (Å²) in [7, 11) is 0. The molecular formula is C26H29FN6. The predicted molar refractivity (Wildman–Crippen MR) is 129 cm³/mol. The second kappa shape index (κ2) is 9.19. The second-order valence-electron chi connectivity index (χ2n) is 8.88. The van der Waals surface area contributed by atoms with E-state index in [0.29, 0.717) is 12.5 Å². The molecule has 0 radical (unpaired) electrons. The van der Waals surface area contributed by atoms with Crippen molar-refractivity contribution < 1.29 is 4.39 Å². The fraction of sp³-hybridized carbons (Fsp3) is 0.308. The summed E-state index contributed by atoms with van der Waals surface area (Å²) in [4.78, 5) is 9.16. The second-order valence-corrected chi connectivity index (χ2v) is 8.88. The van der Waals surface area contributed by atoms with E-state index in [1.807, 2.05) is 24.3 Å². The van der Waals surface area contributed by atoms with Gasteiger partial charge in [0.05, 0.1) is 22.6 Å². The van der Waals surface area contributed by atoms with Crippen molar-refractivity contribution in [2.75, 3.05) is 5.32 Å². The molecule has 5 N–H and O–H groups in total. The Morgan fingerprint density at radius 1 is 0.939 bits per heavy atom. The number of hydrogen-bond acceptors (Lipinski definition) is 6. The van der Waals surface area contributed by atoms with Crippen LogP contribution in [0.15, 0.2) is 66.9 Å². The van der Waals surface area contributed by atoms with Gasteiger partial charge in [-0.15, -0.1) is 0 Å². The lowest BCUT2D eigenvalue weighted by molar-refractivity contribution is 0.224. The lowest BCUT2D eigenvalue weighted by Crippen LogP contribution is -2.60. The maximum absolute atomic E-state index is 13.6. The van der Waals surface area contributed by atoms with Crippen molar-refractivity contribution in [3.8, 4) is 0 Å². The van der Waals surface area contributed by atoms with Crippen molar-refractivity contribution in [1.29, 1.82) is 0 Å². The third-order valence-electron chi connectivity index (χ3n) is 6.52. The van der Waals surface area contributed by atoms with E-state index in [0.717, 1.165) is 53.9 Å². The van der Waals surface area contributed by atoms with Crippen LogP contribution in [-0.2, 0) is 6.54 Å². The summed E-state index contributed by atoms with van der Waals surface area (Å²) in [5.41, 5.74) is 11.0. The normalized spacial score (nSPS) is 19.6. The van der Waals surface area contributed by atoms with Crippen LogP contribution in [-0.4, -0.2) is 21.7 Å². The minimum atomic E-state index is -0.354. The zero-order chi connectivity index (χ0) is 22.7. The molecule has 1 saturated carbocycles. The van der Waals surface area contributed by atoms with Gasteiger partial charge >= 0.3 is 0 Å². The third-order valence-corrected chi connectivity index (χ3v) is 6.52. The van der Waals surface area contributed by atoms with E-state index in [1.54, 1.807) is 18.3 Å². The summed E-state index contributed by atoms with van der Waals surface area (Å²) in [6.07, 6.45) is 7.00. The lowest BCUT2D eigenvalue weighted by atomic mass is 9.80. The topological polar surface area (TPSA) is 87.9 Å². The SMILES string of the molecule is NC1(C2NC(c3ccc(F)cc3)=C(c3ccnc(NCc4ccccc4)n3)N2)CCCCC1. The minimum absolute atomic E-state index is 0.122. The maximum Gasteiger partial charge on any atom is 0.223 e. The number of nitrogens with one attached hydrogen (secondary N) is 3. The first kappa shape index (κ1) is 21.4. The van der Waals surface area contributed by atoms with Crippen LogP contribution in [0.1, 0.15) is 48.9 Å². The van der Waals surface area contributed by atoms with Crippen LogP contribution in [0.2, 0.25) is 0 Å². The van der Waals surface area contributed by atoms with Gasteiger partial charge in [-0.25, -0.2) is 14.4 Å². The van der Waals surface area contributed by atoms with E-state index < -0.39 is 0 Å². The number of nitrogens with zero attached hydrogens (tertiary/aromatic N) is 2. The van der Waals surface area contributed by atoms with E-state index in [1.165, 1.54) is 18.6 Å². The Hall–Kier alpha value is -3.45. The van der Waals surface area contributed by atoms with E-state index in [-0.39, 0.29) is 17.5 Å². The van der Waals surface area contributed by atoms with Gasteiger partial charge in [0, 0.05) is 18.3 Å². The Morgan fingerprint density at radius 3 is 2.42 bits per heavy atom. The van der Waals surface area contributed by atoms with Crippen LogP contribution >= 0.6 is 0 Å². The summed E-state index contributed by atoms with van der Waals surface area (Å²) in [6, 6.07) is 18.5. The van der Waals surface area contributed by atoms with Crippen LogP contribution in [0, 0.1) is 5.82 Å². The highest BCUT2D eigenvalue weighted by Gasteiger charge is 2.41. The molecule has 6 nitrogen and oxygen atoms in total. The highest BCUT2D eigenvalue weighted by molar-refractivity contribution is 5.90. The highest BCUT2D eigenvalue weighted by atomic mass is 19.1. The average Bonchev–Trinajstić information content (AvgIpc) is 3.31. The van der Waals surface area contributed by atoms with Crippen molar-refractivity contribution in [2.45, 2.75) is 50.4 Å². The zero-order valence-corrected chi connectivity index (χ0v) is 18.5. The Bertz CT molecular complexity index is 1120. The molecule has 1 aromatic heterocycles. The van der Waals surface area contributed by atoms with Crippen molar-refractivity contribution >= 4 is 17.3 Å². The Morgan fingerprint density at radius 2 is 1.67 bits per heavy atom. The summed E-state index contributed by atoms with van der Waals surface area (Å²) in [6.45, 7) is 0.633. The summed E-state index contributed by atoms with van der Waals surface area (Å²) in [5.74, 6) is 0.285. The molecule has 7 heteroatoms. The van der Waals surface area contributed by atoms with Crippen LogP contribution < -0.4 is 21.7 Å². The molecule has 1 aliphatic carbocycles. The minimum Gasteiger partial charge on any atom is -0.362 e. The summed E-state index contributed by atoms with van der Waals surface area (Å²) >= 11 is 0. The third kappa shape index (κ3) is 4.68. The van der Waals surface area contributed by atoms with Crippen molar-refractivity contribution in [3.63, 3.8) is 0 Å². The van der Waals surface area contributed by atoms with Gasteiger partial charge in [0.2, 0.25) is 5.95 Å². The molecule has 0 bridgehead atoms. The van der Waals surface area contributed by atoms with Crippen LogP contribution in [0.4, 0.5) is 10.3 Å². The highest BCUT2D eigenvalue weighted by Crippen LogP contribution is 2.35. The smallest absolute Gasteiger partial charge is 0.223 e. The zero-order valence-electron chi connectivity index (χ0n) is 18.5. The molecule has 2 heterocycles. The summed E-state index contributed by atoms with van der Waals surface area (Å²) in [5, 5.41) is 10.5. The molecule has 0 saturated heterocycles. The number of anilines is 1. The van der Waals surface area contributed by atoms with Gasteiger partial charge in [-0.05, 0) is 48.7 Å². The molecule has 2 aromatic carbocycles. The molecular weight excluding hydrogens is 415 g/mol. The number of hydrogen-bond donors (Lipinski definition) is 4. The van der Waals surface area contributed by atoms with Gasteiger partial charge < -0.3 is 21.7 Å². The van der Waals surface area contributed by atoms with E-state index in [4.69, 9.17) is 10.7 Å². The molecule has 1 unspecified atom stereocenters. The predicted octanol–water partition coefficient (Wildman–Crippen LogP) is 4.23. The average molecular weight is 445 g/mol. The Balaban J connectivity index is 1.44. The molecule has 0 spiro atoms. The van der Waals surface area contributed by atoms with Crippen LogP contribution in [0.25, 0.3) is 11.4 Å². The van der Waals surface area contributed by atoms with Gasteiger partial charge in [0.15, 0.2) is 0 Å². The maximum atomic E-state index is 13.6. The standard InChI is InChI=1S/C26H29FN6/c27-20-11-9-19(10-12-20)22-23(33-24(32-22)26(28)14-5-2-6-15-26)21-13-16-29-25(31-21)30-17-18-7-3-1-4-8-18/h1,3-4,7-13,16,24,32-33H,2,5-6,14-15,17,28H2,(H,29,30,31). The van der Waals surface area contributed by atoms with E-state index in [9.17, 15) is 4.39 Å². The van der Waals surface area contributed by atoms with Crippen molar-refractivity contribution in [3.05, 3.63) is 89.5 Å². The molecule has 1 aliphatic heterocycles. The van der Waals surface area contributed by atoms with Gasteiger partial charge in [0.25, 0.3) is 0 Å². The number of benzene rings is 2. The van der Waals surface area contributed by atoms with Gasteiger partial charge in [-0.2, -0.15) is 0 Å². The fourth-order valence-corrected chi connectivity index (χ4v) is 4.66. The van der Waals surface area contributed by atoms with E-state index in [2.05, 4.69) is 33.1 Å². The number of aromatic nitrogens is 2. The summed E-state index contributed by atoms with van der Waals surface area (Å²) < 4.78 is 13.6. The fourth-order valence-electron chi connectivity index (χ4n) is 4.66. The lowest BCUT2D eigenvalue weighted by Gasteiger charge is -2.39. The van der Waals surface area contributed by atoms with Gasteiger partial charge in [-0.3, -0.25) is 0 Å². The van der Waals surface area contributed by atoms with Gasteiger partial charge in [0.1, 0.15) is 12.0 Å². The van der Waals surface area contributed by atoms with Crippen LogP contribution in [0.3, 0.4) is 0 Å². The molecule has 0 amide bonds. The van der Waals surface area contributed by atoms with Crippen molar-refractivity contribution in [1.82, 2.24) is 20.6 Å². The molecule has 5 rings (SSSR count). The Kier molecular flexibility index (Phi) is 5.96. The quantitative estimate of drug-likeness (QED) is 0.455. The number of nitrogens with two attached hydrogens (primary N) is 1. The van der Waals surface area contributed by atoms with Crippen LogP contribution in [0.5, 0.6) is 0 Å². The molecule has 1 fully saturated rings. The monoisotopic (exact) mass is 444 g/mol. The largest absolute Gasteiger partial charge is 0.362 e. The van der Waals surface area contributed by atoms with Gasteiger partial charge in [-0.1, -0.05) is 49.6 Å². The number of rotatable bonds is 6. The molecule has 1 atom stereocenters. The Labute approximate surface area is 193 Å². The molecule has 170 valence electrons. The first-order valence-electron chi connectivity index (χ1n) is 11.5. The first-order valence-corrected chi connectivity index (χ1v) is 11.5. The van der Waals surface area contributed by atoms with Crippen molar-refractivity contribution in [2.24, 2.45) is 5.73 Å². The first-order chi connectivity index (χ1) is 16.1. The molecule has 33 heavy (non-hydrogen) atoms. The van der Waals surface area contributed by atoms with E-state index >= 15 is 0 Å².